The highest BCUT2D eigenvalue weighted by Crippen LogP contribution is 2.32. The topological polar surface area (TPSA) is 26.7 Å². The highest BCUT2D eigenvalue weighted by Gasteiger charge is 2.25. The van der Waals surface area contributed by atoms with Gasteiger partial charge in [-0.2, -0.15) is 0 Å². The molecule has 2 aromatic rings. The number of hydrogen-bond acceptors (Lipinski definition) is 3. The summed E-state index contributed by atoms with van der Waals surface area (Å²) in [6, 6.07) is 17.8. The van der Waals surface area contributed by atoms with Crippen molar-refractivity contribution in [3.63, 3.8) is 0 Å². The first-order valence-corrected chi connectivity index (χ1v) is 6.10. The third-order valence-corrected chi connectivity index (χ3v) is 3.43. The van der Waals surface area contributed by atoms with Crippen LogP contribution in [0, 0.1) is 0 Å². The average molecular weight is 256 g/mol. The van der Waals surface area contributed by atoms with Crippen LogP contribution in [0.5, 0.6) is 0 Å². The molecule has 2 aromatic carbocycles. The normalized spacial score (nSPS) is 14.6. The molecule has 0 unspecified atom stereocenters. The van der Waals surface area contributed by atoms with Gasteiger partial charge in [-0.05, 0) is 24.3 Å². The molecule has 90 valence electrons. The van der Waals surface area contributed by atoms with Gasteiger partial charge in [-0.15, -0.1) is 0 Å². The van der Waals surface area contributed by atoms with Gasteiger partial charge in [0.25, 0.3) is 0 Å². The van der Waals surface area contributed by atoms with Gasteiger partial charge >= 0.3 is 0 Å². The predicted octanol–water partition coefficient (Wildman–Crippen LogP) is 3.16. The van der Waals surface area contributed by atoms with E-state index in [0.29, 0.717) is 11.7 Å². The maximum absolute atomic E-state index is 9.91. The second kappa shape index (κ2) is 4.40. The molecule has 4 heteroatoms. The van der Waals surface area contributed by atoms with E-state index in [-0.39, 0.29) is 0 Å². The molecule has 0 fully saturated rings. The summed E-state index contributed by atoms with van der Waals surface area (Å²) in [5.41, 5.74) is 2.94. The zero-order chi connectivity index (χ0) is 12.5. The Morgan fingerprint density at radius 1 is 0.944 bits per heavy atom. The molecular weight excluding hydrogens is 244 g/mol. The summed E-state index contributed by atoms with van der Waals surface area (Å²) >= 11 is 5.24. The molecule has 0 amide bonds. The van der Waals surface area contributed by atoms with E-state index in [9.17, 15) is 5.21 Å². The number of para-hydroxylation sites is 2. The lowest BCUT2D eigenvalue weighted by molar-refractivity contribution is -0.0101. The summed E-state index contributed by atoms with van der Waals surface area (Å²) in [5, 5.41) is 11.0. The Hall–Kier alpha value is -1.91. The van der Waals surface area contributed by atoms with Crippen LogP contribution in [0.3, 0.4) is 0 Å². The molecule has 0 aliphatic carbocycles. The standard InChI is InChI=1S/C14H12N2OS/c17-16-10-15(11-6-2-1-3-7-11)13-9-5-4-8-12(13)14(16)18/h1-9,17H,10H2. The second-order valence-electron chi connectivity index (χ2n) is 4.13. The molecule has 0 atom stereocenters. The van der Waals surface area contributed by atoms with Gasteiger partial charge in [0.2, 0.25) is 0 Å². The summed E-state index contributed by atoms with van der Waals surface area (Å²) in [7, 11) is 0. The monoisotopic (exact) mass is 256 g/mol. The Morgan fingerprint density at radius 3 is 2.39 bits per heavy atom. The summed E-state index contributed by atoms with van der Waals surface area (Å²) in [6.07, 6.45) is 0. The van der Waals surface area contributed by atoms with E-state index in [1.807, 2.05) is 59.5 Å². The van der Waals surface area contributed by atoms with Crippen molar-refractivity contribution >= 4 is 28.6 Å². The molecule has 1 heterocycles. The van der Waals surface area contributed by atoms with E-state index in [0.717, 1.165) is 22.0 Å². The fourth-order valence-corrected chi connectivity index (χ4v) is 2.36. The summed E-state index contributed by atoms with van der Waals surface area (Å²) in [5.74, 6) is 0. The molecule has 0 spiro atoms. The SMILES string of the molecule is ON1CN(c2ccccc2)c2ccccc2C1=S. The van der Waals surface area contributed by atoms with Gasteiger partial charge in [-0.25, -0.2) is 5.06 Å². The van der Waals surface area contributed by atoms with Crippen molar-refractivity contribution in [2.45, 2.75) is 0 Å². The average Bonchev–Trinajstić information content (AvgIpc) is 2.44. The number of thiocarbonyl (C=S) groups is 1. The summed E-state index contributed by atoms with van der Waals surface area (Å²) in [4.78, 5) is 2.50. The number of hydroxylamine groups is 2. The van der Waals surface area contributed by atoms with Gasteiger partial charge in [0, 0.05) is 11.3 Å². The lowest BCUT2D eigenvalue weighted by atomic mass is 10.1. The number of rotatable bonds is 1. The Morgan fingerprint density at radius 2 is 1.61 bits per heavy atom. The van der Waals surface area contributed by atoms with E-state index in [1.165, 1.54) is 0 Å². The highest BCUT2D eigenvalue weighted by molar-refractivity contribution is 7.80. The van der Waals surface area contributed by atoms with Gasteiger partial charge in [0.05, 0.1) is 5.69 Å². The largest absolute Gasteiger partial charge is 0.320 e. The molecule has 3 rings (SSSR count). The highest BCUT2D eigenvalue weighted by atomic mass is 32.1. The Kier molecular flexibility index (Phi) is 2.74. The van der Waals surface area contributed by atoms with Crippen molar-refractivity contribution in [1.82, 2.24) is 5.06 Å². The third kappa shape index (κ3) is 1.75. The van der Waals surface area contributed by atoms with Crippen LogP contribution in [0.2, 0.25) is 0 Å². The molecule has 3 nitrogen and oxygen atoms in total. The van der Waals surface area contributed by atoms with Gasteiger partial charge in [-0.1, -0.05) is 42.5 Å². The first-order valence-electron chi connectivity index (χ1n) is 5.70. The van der Waals surface area contributed by atoms with Crippen LogP contribution in [0.15, 0.2) is 54.6 Å². The zero-order valence-corrected chi connectivity index (χ0v) is 10.5. The van der Waals surface area contributed by atoms with Crippen molar-refractivity contribution in [1.29, 1.82) is 0 Å². The summed E-state index contributed by atoms with van der Waals surface area (Å²) in [6.45, 7) is 0.347. The summed E-state index contributed by atoms with van der Waals surface area (Å²) < 4.78 is 0. The quantitative estimate of drug-likeness (QED) is 0.793. The van der Waals surface area contributed by atoms with Crippen molar-refractivity contribution in [3.05, 3.63) is 60.2 Å². The zero-order valence-electron chi connectivity index (χ0n) is 9.65. The molecule has 18 heavy (non-hydrogen) atoms. The Bertz CT molecular complexity index is 585. The van der Waals surface area contributed by atoms with Gasteiger partial charge in [0.15, 0.2) is 0 Å². The van der Waals surface area contributed by atoms with Gasteiger partial charge < -0.3 is 4.90 Å². The number of nitrogens with zero attached hydrogens (tertiary/aromatic N) is 2. The second-order valence-corrected chi connectivity index (χ2v) is 4.51. The van der Waals surface area contributed by atoms with Crippen LogP contribution in [-0.2, 0) is 0 Å². The Labute approximate surface area is 111 Å². The van der Waals surface area contributed by atoms with Crippen LogP contribution in [-0.4, -0.2) is 21.9 Å². The van der Waals surface area contributed by atoms with Gasteiger partial charge in [-0.3, -0.25) is 5.21 Å². The number of anilines is 2. The van der Waals surface area contributed by atoms with Crippen LogP contribution in [0.1, 0.15) is 5.56 Å². The van der Waals surface area contributed by atoms with E-state index >= 15 is 0 Å². The molecule has 0 aromatic heterocycles. The minimum Gasteiger partial charge on any atom is -0.320 e. The van der Waals surface area contributed by atoms with E-state index in [4.69, 9.17) is 12.2 Å². The van der Waals surface area contributed by atoms with Crippen molar-refractivity contribution in [2.75, 3.05) is 11.6 Å². The van der Waals surface area contributed by atoms with Crippen molar-refractivity contribution in [2.24, 2.45) is 0 Å². The molecule has 0 saturated carbocycles. The molecular formula is C14H12N2OS. The van der Waals surface area contributed by atoms with Crippen LogP contribution in [0.25, 0.3) is 0 Å². The molecule has 1 N–H and O–H groups in total. The molecule has 1 aliphatic rings. The predicted molar refractivity (Wildman–Crippen MR) is 75.2 cm³/mol. The maximum atomic E-state index is 9.91. The molecule has 1 aliphatic heterocycles. The van der Waals surface area contributed by atoms with E-state index in [1.54, 1.807) is 0 Å². The van der Waals surface area contributed by atoms with Crippen molar-refractivity contribution < 1.29 is 5.21 Å². The van der Waals surface area contributed by atoms with Gasteiger partial charge in [0.1, 0.15) is 11.7 Å². The first-order chi connectivity index (χ1) is 8.77. The van der Waals surface area contributed by atoms with Crippen molar-refractivity contribution in [3.8, 4) is 0 Å². The first kappa shape index (κ1) is 11.2. The van der Waals surface area contributed by atoms with E-state index < -0.39 is 0 Å². The van der Waals surface area contributed by atoms with E-state index in [2.05, 4.69) is 0 Å². The smallest absolute Gasteiger partial charge is 0.138 e. The maximum Gasteiger partial charge on any atom is 0.138 e. The van der Waals surface area contributed by atoms with Crippen LogP contribution in [0.4, 0.5) is 11.4 Å². The lowest BCUT2D eigenvalue weighted by Crippen LogP contribution is -2.42. The molecule has 0 bridgehead atoms. The number of hydrogen-bond donors (Lipinski definition) is 1. The molecule has 0 radical (unpaired) electrons. The van der Waals surface area contributed by atoms with Crippen LogP contribution < -0.4 is 4.90 Å². The minimum atomic E-state index is 0.347. The number of benzene rings is 2. The van der Waals surface area contributed by atoms with Crippen LogP contribution >= 0.6 is 12.2 Å². The molecule has 0 saturated heterocycles. The fraction of sp³-hybridized carbons (Fsp3) is 0.0714. The minimum absolute atomic E-state index is 0.347. The third-order valence-electron chi connectivity index (χ3n) is 3.00. The Balaban J connectivity index is 2.13. The fourth-order valence-electron chi connectivity index (χ4n) is 2.13. The lowest BCUT2D eigenvalue weighted by Gasteiger charge is -2.36. The number of fused-ring (bicyclic) bond motifs is 1.